The summed E-state index contributed by atoms with van der Waals surface area (Å²) in [5.74, 6) is 1.54. The van der Waals surface area contributed by atoms with E-state index in [2.05, 4.69) is 22.9 Å². The molecule has 4 rings (SSSR count). The van der Waals surface area contributed by atoms with Gasteiger partial charge in [0.05, 0.1) is 0 Å². The van der Waals surface area contributed by atoms with Crippen molar-refractivity contribution in [3.05, 3.63) is 30.3 Å². The minimum Gasteiger partial charge on any atom is -0.326 e. The van der Waals surface area contributed by atoms with E-state index >= 15 is 0 Å². The molecule has 4 amide bonds. The fraction of sp³-hybridized carbons (Fsp3) is 0.526. The Morgan fingerprint density at radius 2 is 1.88 bits per heavy atom. The summed E-state index contributed by atoms with van der Waals surface area (Å²) in [5.41, 5.74) is 0.641. The zero-order valence-electron chi connectivity index (χ0n) is 14.8. The molecule has 1 aromatic carbocycles. The first-order valence-electron chi connectivity index (χ1n) is 9.05. The molecule has 0 spiro atoms. The molecule has 0 radical (unpaired) electrons. The maximum atomic E-state index is 11.6. The summed E-state index contributed by atoms with van der Waals surface area (Å²) in [6, 6.07) is 7.78. The number of benzene rings is 1. The van der Waals surface area contributed by atoms with E-state index in [1.165, 1.54) is 9.84 Å². The summed E-state index contributed by atoms with van der Waals surface area (Å²) >= 11 is 0.759. The van der Waals surface area contributed by atoms with E-state index in [0.717, 1.165) is 27.1 Å². The first kappa shape index (κ1) is 19.1. The Labute approximate surface area is 164 Å². The van der Waals surface area contributed by atoms with Gasteiger partial charge >= 0.3 is 67.2 Å². The third-order valence-corrected chi connectivity index (χ3v) is 7.75. The number of para-hydroxylation sites is 1. The summed E-state index contributed by atoms with van der Waals surface area (Å²) in [4.78, 5) is 34.0. The molecule has 1 aromatic rings. The normalized spacial score (nSPS) is 29.7. The minimum atomic E-state index is -0.661. The van der Waals surface area contributed by atoms with Gasteiger partial charge in [0.15, 0.2) is 0 Å². The number of hydrogen-bond donors (Lipinski definition) is 3. The Hall–Kier alpha value is -1.64. The van der Waals surface area contributed by atoms with Gasteiger partial charge in [-0.15, -0.1) is 0 Å². The largest absolute Gasteiger partial charge is 0.326 e. The van der Waals surface area contributed by atoms with Crippen LogP contribution in [0.25, 0.3) is 0 Å². The van der Waals surface area contributed by atoms with Crippen LogP contribution in [0, 0.1) is 11.8 Å². The monoisotopic (exact) mass is 470 g/mol. The third kappa shape index (κ3) is 5.69. The van der Waals surface area contributed by atoms with Gasteiger partial charge in [0.1, 0.15) is 6.04 Å². The zero-order valence-corrected chi connectivity index (χ0v) is 17.0. The molecule has 2 aliphatic heterocycles. The number of piperidine rings is 1. The van der Waals surface area contributed by atoms with Gasteiger partial charge in [0, 0.05) is 12.1 Å². The van der Waals surface area contributed by atoms with Gasteiger partial charge in [-0.2, -0.15) is 0 Å². The second-order valence-corrected chi connectivity index (χ2v) is 10.5. The number of urea groups is 1. The molecule has 1 aliphatic carbocycles. The number of nitrogens with one attached hydrogen (secondary N) is 3. The number of hydrogen-bond acceptors (Lipinski definition) is 3. The zero-order chi connectivity index (χ0) is 18.5. The van der Waals surface area contributed by atoms with Gasteiger partial charge in [0.2, 0.25) is 11.8 Å². The number of carbonyl (C=O) groups is 3. The standard InChI is InChI=1S/C12H13N3O3.C7H12I/c16-10-7-6-9(11(17)15-10)14-12(18)13-8-4-2-1-3-5-8;1-5-2-6(3-5)7-4-8-7/h1-5,9H,6-7H2,(H2,13,14,18)(H,15,16,17);5-7H,2-4H2,1H3/q;-1. The van der Waals surface area contributed by atoms with Crippen molar-refractivity contribution in [2.75, 3.05) is 9.74 Å². The van der Waals surface area contributed by atoms with E-state index in [0.29, 0.717) is 12.1 Å². The summed E-state index contributed by atoms with van der Waals surface area (Å²) in [5, 5.41) is 7.31. The van der Waals surface area contributed by atoms with Crippen molar-refractivity contribution in [2.45, 2.75) is 42.6 Å². The summed E-state index contributed by atoms with van der Waals surface area (Å²) in [6.07, 6.45) is 3.71. The van der Waals surface area contributed by atoms with Crippen LogP contribution in [-0.4, -0.2) is 32.2 Å². The van der Waals surface area contributed by atoms with E-state index in [4.69, 9.17) is 0 Å². The summed E-state index contributed by atoms with van der Waals surface area (Å²) in [7, 11) is 0. The maximum absolute atomic E-state index is 11.6. The first-order valence-corrected chi connectivity index (χ1v) is 11.8. The average Bonchev–Trinajstić information content (AvgIpc) is 3.41. The maximum Gasteiger partial charge on any atom is 0.319 e. The predicted molar refractivity (Wildman–Crippen MR) is 95.3 cm³/mol. The molecule has 3 aliphatic rings. The average molecular weight is 470 g/mol. The van der Waals surface area contributed by atoms with Crippen LogP contribution >= 0.6 is 0 Å². The van der Waals surface area contributed by atoms with Crippen molar-refractivity contribution in [3.8, 4) is 0 Å². The quantitative estimate of drug-likeness (QED) is 0.305. The van der Waals surface area contributed by atoms with E-state index in [1.54, 1.807) is 41.5 Å². The number of carbonyl (C=O) groups excluding carboxylic acids is 3. The molecule has 142 valence electrons. The number of alkyl halides is 2. The molecule has 3 N–H and O–H groups in total. The number of amides is 4. The van der Waals surface area contributed by atoms with Crippen LogP contribution in [-0.2, 0) is 9.59 Å². The molecule has 0 aromatic heterocycles. The van der Waals surface area contributed by atoms with Crippen molar-refractivity contribution in [1.82, 2.24) is 10.6 Å². The minimum absolute atomic E-state index is 0.238. The topological polar surface area (TPSA) is 87.3 Å². The Kier molecular flexibility index (Phi) is 6.50. The molecule has 2 unspecified atom stereocenters. The van der Waals surface area contributed by atoms with Crippen molar-refractivity contribution >= 4 is 23.5 Å². The van der Waals surface area contributed by atoms with Crippen LogP contribution in [0.2, 0.25) is 0 Å². The van der Waals surface area contributed by atoms with Crippen LogP contribution in [0.4, 0.5) is 10.5 Å². The van der Waals surface area contributed by atoms with E-state index in [-0.39, 0.29) is 12.3 Å². The van der Waals surface area contributed by atoms with E-state index in [1.807, 2.05) is 6.07 Å². The molecular weight excluding hydrogens is 445 g/mol. The van der Waals surface area contributed by atoms with Gasteiger partial charge in [-0.1, -0.05) is 18.2 Å². The van der Waals surface area contributed by atoms with Crippen LogP contribution in [0.15, 0.2) is 30.3 Å². The third-order valence-electron chi connectivity index (χ3n) is 4.83. The molecule has 2 saturated heterocycles. The van der Waals surface area contributed by atoms with Crippen LogP contribution in [0.5, 0.6) is 0 Å². The Morgan fingerprint density at radius 3 is 2.46 bits per heavy atom. The van der Waals surface area contributed by atoms with Crippen LogP contribution in [0.1, 0.15) is 32.6 Å². The molecule has 0 bridgehead atoms. The number of imide groups is 1. The molecule has 1 saturated carbocycles. The van der Waals surface area contributed by atoms with Gasteiger partial charge < -0.3 is 10.6 Å². The van der Waals surface area contributed by atoms with Crippen molar-refractivity contribution in [3.63, 3.8) is 0 Å². The SMILES string of the molecule is CC1CC(C2C[I-]2)C1.O=C1CCC(NC(=O)Nc2ccccc2)C(=O)N1. The van der Waals surface area contributed by atoms with Gasteiger partial charge in [-0.05, 0) is 18.6 Å². The smallest absolute Gasteiger partial charge is 0.319 e. The second-order valence-electron chi connectivity index (χ2n) is 7.13. The van der Waals surface area contributed by atoms with E-state index in [9.17, 15) is 14.4 Å². The van der Waals surface area contributed by atoms with Gasteiger partial charge in [0.25, 0.3) is 0 Å². The second kappa shape index (κ2) is 8.83. The number of halogens is 1. The fourth-order valence-electron chi connectivity index (χ4n) is 3.24. The molecule has 2 atom stereocenters. The Morgan fingerprint density at radius 1 is 1.19 bits per heavy atom. The van der Waals surface area contributed by atoms with Crippen LogP contribution < -0.4 is 37.2 Å². The fourth-order valence-corrected chi connectivity index (χ4v) is 5.56. The summed E-state index contributed by atoms with van der Waals surface area (Å²) in [6.45, 7) is 2.39. The molecular formula is C19H25IN3O3-. The van der Waals surface area contributed by atoms with Crippen molar-refractivity contribution < 1.29 is 35.6 Å². The molecule has 2 heterocycles. The van der Waals surface area contributed by atoms with Crippen molar-refractivity contribution in [2.24, 2.45) is 11.8 Å². The summed E-state index contributed by atoms with van der Waals surface area (Å²) < 4.78 is 2.96. The Balaban J connectivity index is 0.000000201. The van der Waals surface area contributed by atoms with Crippen LogP contribution in [0.3, 0.4) is 0 Å². The molecule has 26 heavy (non-hydrogen) atoms. The number of rotatable bonds is 3. The van der Waals surface area contributed by atoms with Gasteiger partial charge in [-0.25, -0.2) is 4.79 Å². The predicted octanol–water partition coefficient (Wildman–Crippen LogP) is -0.883. The van der Waals surface area contributed by atoms with Crippen molar-refractivity contribution in [1.29, 1.82) is 0 Å². The van der Waals surface area contributed by atoms with Gasteiger partial charge in [-0.3, -0.25) is 14.9 Å². The molecule has 7 heteroatoms. The number of anilines is 1. The van der Waals surface area contributed by atoms with E-state index < -0.39 is 18.0 Å². The Bertz CT molecular complexity index is 657. The molecule has 6 nitrogen and oxygen atoms in total. The first-order chi connectivity index (χ1) is 12.5. The molecule has 3 fully saturated rings.